The van der Waals surface area contributed by atoms with E-state index >= 15 is 0 Å². The lowest BCUT2D eigenvalue weighted by molar-refractivity contribution is -0.517. The predicted octanol–water partition coefficient (Wildman–Crippen LogP) is 0.587. The van der Waals surface area contributed by atoms with Gasteiger partial charge < -0.3 is 0 Å². The highest BCUT2D eigenvalue weighted by molar-refractivity contribution is 6.16. The van der Waals surface area contributed by atoms with Gasteiger partial charge in [0.1, 0.15) is 5.57 Å². The van der Waals surface area contributed by atoms with Gasteiger partial charge in [-0.1, -0.05) is 30.3 Å². The largest absolute Gasteiger partial charge is 0.289 e. The SMILES string of the molecule is O=C1C=C(C(c2ccccc2)[N+](=O)[O-])C(=O)N1. The highest BCUT2D eigenvalue weighted by Crippen LogP contribution is 2.26. The summed E-state index contributed by atoms with van der Waals surface area (Å²) >= 11 is 0. The fourth-order valence-corrected chi connectivity index (χ4v) is 1.68. The van der Waals surface area contributed by atoms with E-state index in [1.165, 1.54) is 0 Å². The zero-order valence-corrected chi connectivity index (χ0v) is 8.62. The molecule has 1 atom stereocenters. The van der Waals surface area contributed by atoms with Crippen LogP contribution in [0.3, 0.4) is 0 Å². The van der Waals surface area contributed by atoms with Crippen molar-refractivity contribution in [3.05, 3.63) is 57.7 Å². The van der Waals surface area contributed by atoms with Crippen LogP contribution >= 0.6 is 0 Å². The molecule has 0 fully saturated rings. The molecule has 2 rings (SSSR count). The molecule has 1 aromatic carbocycles. The number of nitro groups is 1. The van der Waals surface area contributed by atoms with Gasteiger partial charge in [-0.05, 0) is 0 Å². The van der Waals surface area contributed by atoms with Crippen LogP contribution in [-0.4, -0.2) is 16.7 Å². The number of nitrogens with zero attached hydrogens (tertiary/aromatic N) is 1. The molecule has 6 heteroatoms. The second-order valence-corrected chi connectivity index (χ2v) is 3.52. The van der Waals surface area contributed by atoms with Crippen LogP contribution in [0.4, 0.5) is 0 Å². The summed E-state index contributed by atoms with van der Waals surface area (Å²) in [6, 6.07) is 6.79. The zero-order chi connectivity index (χ0) is 12.4. The highest BCUT2D eigenvalue weighted by atomic mass is 16.6. The first-order valence-electron chi connectivity index (χ1n) is 4.85. The van der Waals surface area contributed by atoms with Crippen LogP contribution in [0, 0.1) is 10.1 Å². The molecule has 0 saturated carbocycles. The average Bonchev–Trinajstić information content (AvgIpc) is 2.59. The van der Waals surface area contributed by atoms with E-state index in [1.807, 2.05) is 5.32 Å². The van der Waals surface area contributed by atoms with Gasteiger partial charge in [0.2, 0.25) is 0 Å². The van der Waals surface area contributed by atoms with Crippen molar-refractivity contribution in [1.82, 2.24) is 5.32 Å². The number of rotatable bonds is 3. The first kappa shape index (κ1) is 11.0. The summed E-state index contributed by atoms with van der Waals surface area (Å²) in [5.74, 6) is -1.33. The number of benzene rings is 1. The van der Waals surface area contributed by atoms with Gasteiger partial charge in [-0.2, -0.15) is 0 Å². The van der Waals surface area contributed by atoms with Crippen LogP contribution in [0.5, 0.6) is 0 Å². The normalized spacial score (nSPS) is 16.4. The fourth-order valence-electron chi connectivity index (χ4n) is 1.68. The topological polar surface area (TPSA) is 89.3 Å². The van der Waals surface area contributed by atoms with Crippen molar-refractivity contribution in [3.8, 4) is 0 Å². The molecule has 1 aliphatic heterocycles. The van der Waals surface area contributed by atoms with Gasteiger partial charge in [0.25, 0.3) is 17.9 Å². The molecule has 1 unspecified atom stereocenters. The van der Waals surface area contributed by atoms with E-state index in [1.54, 1.807) is 30.3 Å². The monoisotopic (exact) mass is 232 g/mol. The molecule has 1 aliphatic rings. The van der Waals surface area contributed by atoms with Crippen molar-refractivity contribution < 1.29 is 14.5 Å². The molecule has 1 aromatic rings. The first-order chi connectivity index (χ1) is 8.09. The van der Waals surface area contributed by atoms with Crippen molar-refractivity contribution in [2.24, 2.45) is 0 Å². The van der Waals surface area contributed by atoms with Gasteiger partial charge in [-0.3, -0.25) is 25.0 Å². The zero-order valence-electron chi connectivity index (χ0n) is 8.62. The van der Waals surface area contributed by atoms with Crippen molar-refractivity contribution in [1.29, 1.82) is 0 Å². The molecule has 17 heavy (non-hydrogen) atoms. The molecule has 0 saturated heterocycles. The van der Waals surface area contributed by atoms with Crippen LogP contribution < -0.4 is 5.32 Å². The number of nitrogens with one attached hydrogen (secondary N) is 1. The van der Waals surface area contributed by atoms with Crippen molar-refractivity contribution in [2.75, 3.05) is 0 Å². The fraction of sp³-hybridized carbons (Fsp3) is 0.0909. The second kappa shape index (κ2) is 4.17. The van der Waals surface area contributed by atoms with E-state index in [2.05, 4.69) is 0 Å². The average molecular weight is 232 g/mol. The summed E-state index contributed by atoms with van der Waals surface area (Å²) in [5.41, 5.74) is 0.236. The number of hydrogen-bond acceptors (Lipinski definition) is 4. The smallest absolute Gasteiger partial charge is 0.268 e. The Hall–Kier alpha value is -2.50. The lowest BCUT2D eigenvalue weighted by Gasteiger charge is -2.08. The summed E-state index contributed by atoms with van der Waals surface area (Å²) < 4.78 is 0. The van der Waals surface area contributed by atoms with Gasteiger partial charge in [0, 0.05) is 16.6 Å². The van der Waals surface area contributed by atoms with Gasteiger partial charge in [0.15, 0.2) is 0 Å². The minimum Gasteiger partial charge on any atom is -0.289 e. The molecule has 0 radical (unpaired) electrons. The molecule has 6 nitrogen and oxygen atoms in total. The van der Waals surface area contributed by atoms with Gasteiger partial charge in [-0.15, -0.1) is 0 Å². The Labute approximate surface area is 96.1 Å². The van der Waals surface area contributed by atoms with Gasteiger partial charge in [0.05, 0.1) is 0 Å². The quantitative estimate of drug-likeness (QED) is 0.469. The van der Waals surface area contributed by atoms with Crippen LogP contribution in [0.25, 0.3) is 0 Å². The molecule has 0 bridgehead atoms. The maximum atomic E-state index is 11.4. The van der Waals surface area contributed by atoms with Crippen molar-refractivity contribution in [2.45, 2.75) is 6.04 Å². The Balaban J connectivity index is 2.44. The van der Waals surface area contributed by atoms with E-state index in [0.29, 0.717) is 5.56 Å². The Kier molecular flexibility index (Phi) is 2.70. The maximum absolute atomic E-state index is 11.4. The minimum atomic E-state index is -1.30. The second-order valence-electron chi connectivity index (χ2n) is 3.52. The molecule has 2 amide bonds. The Bertz CT molecular complexity index is 522. The Morgan fingerprint density at radius 1 is 1.18 bits per heavy atom. The van der Waals surface area contributed by atoms with Crippen LogP contribution in [-0.2, 0) is 9.59 Å². The number of carbonyl (C=O) groups is 2. The third kappa shape index (κ3) is 2.05. The van der Waals surface area contributed by atoms with E-state index in [4.69, 9.17) is 0 Å². The summed E-state index contributed by atoms with van der Waals surface area (Å²) in [4.78, 5) is 32.8. The number of hydrogen-bond donors (Lipinski definition) is 1. The molecular formula is C11H8N2O4. The minimum absolute atomic E-state index is 0.133. The van der Waals surface area contributed by atoms with Gasteiger partial charge >= 0.3 is 0 Å². The molecule has 86 valence electrons. The van der Waals surface area contributed by atoms with E-state index in [-0.39, 0.29) is 5.57 Å². The molecule has 1 N–H and O–H groups in total. The highest BCUT2D eigenvalue weighted by Gasteiger charge is 2.36. The number of carbonyl (C=O) groups excluding carboxylic acids is 2. The van der Waals surface area contributed by atoms with Gasteiger partial charge in [-0.25, -0.2) is 0 Å². The Morgan fingerprint density at radius 3 is 2.29 bits per heavy atom. The summed E-state index contributed by atoms with van der Waals surface area (Å²) in [6.45, 7) is 0. The van der Waals surface area contributed by atoms with E-state index in [0.717, 1.165) is 6.08 Å². The molecule has 0 spiro atoms. The van der Waals surface area contributed by atoms with Crippen molar-refractivity contribution >= 4 is 11.8 Å². The van der Waals surface area contributed by atoms with Crippen LogP contribution in [0.15, 0.2) is 42.0 Å². The predicted molar refractivity (Wildman–Crippen MR) is 57.4 cm³/mol. The molecule has 1 heterocycles. The van der Waals surface area contributed by atoms with Crippen LogP contribution in [0.1, 0.15) is 11.6 Å². The lowest BCUT2D eigenvalue weighted by Crippen LogP contribution is -2.26. The third-order valence-corrected chi connectivity index (χ3v) is 2.41. The maximum Gasteiger partial charge on any atom is 0.268 e. The molecular weight excluding hydrogens is 224 g/mol. The molecule has 0 aromatic heterocycles. The lowest BCUT2D eigenvalue weighted by atomic mass is 9.99. The number of amides is 2. The van der Waals surface area contributed by atoms with E-state index < -0.39 is 22.8 Å². The van der Waals surface area contributed by atoms with Crippen molar-refractivity contribution in [3.63, 3.8) is 0 Å². The Morgan fingerprint density at radius 2 is 1.82 bits per heavy atom. The third-order valence-electron chi connectivity index (χ3n) is 2.41. The standard InChI is InChI=1S/C11H8N2O4/c14-9-6-8(11(15)12-9)10(13(16)17)7-4-2-1-3-5-7/h1-6,10H,(H,12,14,15). The van der Waals surface area contributed by atoms with E-state index in [9.17, 15) is 19.7 Å². The summed E-state index contributed by atoms with van der Waals surface area (Å²) in [5, 5.41) is 13.0. The summed E-state index contributed by atoms with van der Waals surface area (Å²) in [7, 11) is 0. The number of imide groups is 1. The van der Waals surface area contributed by atoms with Crippen LogP contribution in [0.2, 0.25) is 0 Å². The molecule has 0 aliphatic carbocycles. The first-order valence-corrected chi connectivity index (χ1v) is 4.85. The summed E-state index contributed by atoms with van der Waals surface area (Å²) in [6.07, 6.45) is 0.975.